The predicted octanol–water partition coefficient (Wildman–Crippen LogP) is 1.16. The van der Waals surface area contributed by atoms with E-state index in [4.69, 9.17) is 4.52 Å². The van der Waals surface area contributed by atoms with E-state index < -0.39 is 10.0 Å². The molecule has 5 nitrogen and oxygen atoms in total. The van der Waals surface area contributed by atoms with Crippen LogP contribution in [-0.4, -0.2) is 30.2 Å². The summed E-state index contributed by atoms with van der Waals surface area (Å²) in [7, 11) is -3.10. The van der Waals surface area contributed by atoms with E-state index >= 15 is 0 Å². The molecule has 16 heavy (non-hydrogen) atoms. The standard InChI is InChI=1S/C10H16N2O3S/c1-2-3-6-16(13,14)12-5-4-10-9(8-12)7-11-15-10/h7H,2-6,8H2,1H3. The van der Waals surface area contributed by atoms with Crippen molar-refractivity contribution in [3.8, 4) is 0 Å². The number of fused-ring (bicyclic) bond motifs is 1. The molecule has 0 atom stereocenters. The molecule has 0 fully saturated rings. The SMILES string of the molecule is CCCCS(=O)(=O)N1CCc2oncc2C1. The molecule has 90 valence electrons. The molecule has 2 heterocycles. The van der Waals surface area contributed by atoms with E-state index in [-0.39, 0.29) is 5.75 Å². The third kappa shape index (κ3) is 2.27. The summed E-state index contributed by atoms with van der Waals surface area (Å²) in [6.07, 6.45) is 3.85. The highest BCUT2D eigenvalue weighted by atomic mass is 32.2. The van der Waals surface area contributed by atoms with Crippen LogP contribution in [0.2, 0.25) is 0 Å². The zero-order valence-electron chi connectivity index (χ0n) is 9.35. The quantitative estimate of drug-likeness (QED) is 0.797. The van der Waals surface area contributed by atoms with Gasteiger partial charge in [0.05, 0.1) is 11.9 Å². The minimum atomic E-state index is -3.10. The van der Waals surface area contributed by atoms with Crippen molar-refractivity contribution in [1.82, 2.24) is 9.46 Å². The first-order chi connectivity index (χ1) is 7.63. The largest absolute Gasteiger partial charge is 0.361 e. The van der Waals surface area contributed by atoms with Crippen molar-refractivity contribution in [3.63, 3.8) is 0 Å². The lowest BCUT2D eigenvalue weighted by molar-refractivity contribution is 0.331. The molecule has 0 N–H and O–H groups in total. The van der Waals surface area contributed by atoms with Crippen LogP contribution in [0.3, 0.4) is 0 Å². The number of rotatable bonds is 4. The second-order valence-corrected chi connectivity index (χ2v) is 6.12. The molecule has 0 amide bonds. The van der Waals surface area contributed by atoms with Gasteiger partial charge >= 0.3 is 0 Å². The Morgan fingerprint density at radius 2 is 2.38 bits per heavy atom. The van der Waals surface area contributed by atoms with Gasteiger partial charge in [0.15, 0.2) is 0 Å². The lowest BCUT2D eigenvalue weighted by Crippen LogP contribution is -2.36. The van der Waals surface area contributed by atoms with Crippen molar-refractivity contribution in [2.24, 2.45) is 0 Å². The van der Waals surface area contributed by atoms with Gasteiger partial charge < -0.3 is 4.52 Å². The molecule has 2 rings (SSSR count). The molecule has 0 aromatic carbocycles. The number of hydrogen-bond acceptors (Lipinski definition) is 4. The van der Waals surface area contributed by atoms with Gasteiger partial charge in [0, 0.05) is 25.1 Å². The number of hydrogen-bond donors (Lipinski definition) is 0. The molecule has 6 heteroatoms. The van der Waals surface area contributed by atoms with Crippen LogP contribution in [0.25, 0.3) is 0 Å². The van der Waals surface area contributed by atoms with Crippen LogP contribution in [0.15, 0.2) is 10.7 Å². The van der Waals surface area contributed by atoms with Crippen LogP contribution < -0.4 is 0 Å². The zero-order chi connectivity index (χ0) is 11.6. The highest BCUT2D eigenvalue weighted by molar-refractivity contribution is 7.89. The Bertz CT molecular complexity index is 452. The molecule has 0 saturated heterocycles. The van der Waals surface area contributed by atoms with Gasteiger partial charge in [0.1, 0.15) is 5.76 Å². The maximum absolute atomic E-state index is 12.0. The van der Waals surface area contributed by atoms with Gasteiger partial charge in [0.2, 0.25) is 10.0 Å². The molecule has 1 aliphatic heterocycles. The molecule has 0 unspecified atom stereocenters. The van der Waals surface area contributed by atoms with Gasteiger partial charge in [-0.05, 0) is 6.42 Å². The lowest BCUT2D eigenvalue weighted by Gasteiger charge is -2.24. The Hall–Kier alpha value is -0.880. The first-order valence-corrected chi connectivity index (χ1v) is 7.14. The van der Waals surface area contributed by atoms with Crippen LogP contribution in [0.5, 0.6) is 0 Å². The fourth-order valence-electron chi connectivity index (χ4n) is 1.81. The molecular formula is C10H16N2O3S. The van der Waals surface area contributed by atoms with Crippen LogP contribution >= 0.6 is 0 Å². The van der Waals surface area contributed by atoms with Gasteiger partial charge in [-0.3, -0.25) is 0 Å². The Morgan fingerprint density at radius 3 is 3.12 bits per heavy atom. The highest BCUT2D eigenvalue weighted by Gasteiger charge is 2.27. The first kappa shape index (κ1) is 11.6. The van der Waals surface area contributed by atoms with E-state index in [1.165, 1.54) is 4.31 Å². The van der Waals surface area contributed by atoms with E-state index in [0.717, 1.165) is 24.2 Å². The molecule has 0 saturated carbocycles. The smallest absolute Gasteiger partial charge is 0.214 e. The van der Waals surface area contributed by atoms with Crippen molar-refractivity contribution in [3.05, 3.63) is 17.5 Å². The Balaban J connectivity index is 2.08. The average molecular weight is 244 g/mol. The fraction of sp³-hybridized carbons (Fsp3) is 0.700. The topological polar surface area (TPSA) is 63.4 Å². The van der Waals surface area contributed by atoms with Gasteiger partial charge in [-0.2, -0.15) is 4.31 Å². The first-order valence-electron chi connectivity index (χ1n) is 5.53. The van der Waals surface area contributed by atoms with Gasteiger partial charge in [-0.1, -0.05) is 18.5 Å². The van der Waals surface area contributed by atoms with E-state index in [9.17, 15) is 8.42 Å². The molecule has 0 aliphatic carbocycles. The maximum Gasteiger partial charge on any atom is 0.214 e. The average Bonchev–Trinajstić information content (AvgIpc) is 2.73. The molecule has 0 radical (unpaired) electrons. The summed E-state index contributed by atoms with van der Waals surface area (Å²) in [5.41, 5.74) is 0.895. The van der Waals surface area contributed by atoms with Gasteiger partial charge in [0.25, 0.3) is 0 Å². The second kappa shape index (κ2) is 4.55. The number of unbranched alkanes of at least 4 members (excludes halogenated alkanes) is 1. The van der Waals surface area contributed by atoms with Crippen molar-refractivity contribution in [1.29, 1.82) is 0 Å². The monoisotopic (exact) mass is 244 g/mol. The summed E-state index contributed by atoms with van der Waals surface area (Å²) < 4.78 is 30.5. The Labute approximate surface area is 95.5 Å². The molecule has 1 aliphatic rings. The Morgan fingerprint density at radius 1 is 1.56 bits per heavy atom. The van der Waals surface area contributed by atoms with Crippen molar-refractivity contribution in [2.75, 3.05) is 12.3 Å². The van der Waals surface area contributed by atoms with E-state index in [1.807, 2.05) is 6.92 Å². The van der Waals surface area contributed by atoms with Crippen molar-refractivity contribution >= 4 is 10.0 Å². The van der Waals surface area contributed by atoms with Crippen LogP contribution in [0, 0.1) is 0 Å². The molecular weight excluding hydrogens is 228 g/mol. The van der Waals surface area contributed by atoms with E-state index in [1.54, 1.807) is 6.20 Å². The van der Waals surface area contributed by atoms with Gasteiger partial charge in [-0.25, -0.2) is 8.42 Å². The number of aromatic nitrogens is 1. The molecule has 0 bridgehead atoms. The summed E-state index contributed by atoms with van der Waals surface area (Å²) in [6.45, 7) is 2.91. The number of nitrogens with zero attached hydrogens (tertiary/aromatic N) is 2. The van der Waals surface area contributed by atoms with Crippen LogP contribution in [0.1, 0.15) is 31.1 Å². The summed E-state index contributed by atoms with van der Waals surface area (Å²) in [6, 6.07) is 0. The highest BCUT2D eigenvalue weighted by Crippen LogP contribution is 2.21. The minimum absolute atomic E-state index is 0.240. The van der Waals surface area contributed by atoms with Crippen LogP contribution in [0.4, 0.5) is 0 Å². The predicted molar refractivity (Wildman–Crippen MR) is 59.3 cm³/mol. The second-order valence-electron chi connectivity index (χ2n) is 4.03. The summed E-state index contributed by atoms with van der Waals surface area (Å²) in [5.74, 6) is 1.06. The number of sulfonamides is 1. The van der Waals surface area contributed by atoms with Crippen LogP contribution in [-0.2, 0) is 23.0 Å². The molecule has 1 aromatic heterocycles. The molecule has 0 spiro atoms. The summed E-state index contributed by atoms with van der Waals surface area (Å²) >= 11 is 0. The maximum atomic E-state index is 12.0. The van der Waals surface area contributed by atoms with Crippen molar-refractivity contribution < 1.29 is 12.9 Å². The minimum Gasteiger partial charge on any atom is -0.361 e. The third-order valence-electron chi connectivity index (χ3n) is 2.81. The van der Waals surface area contributed by atoms with Crippen molar-refractivity contribution in [2.45, 2.75) is 32.7 Å². The summed E-state index contributed by atoms with van der Waals surface area (Å²) in [5, 5.41) is 3.69. The normalized spacial score (nSPS) is 17.3. The van der Waals surface area contributed by atoms with E-state index in [0.29, 0.717) is 19.5 Å². The Kier molecular flexibility index (Phi) is 3.30. The fourth-order valence-corrected chi connectivity index (χ4v) is 3.42. The zero-order valence-corrected chi connectivity index (χ0v) is 10.2. The third-order valence-corrected chi connectivity index (χ3v) is 4.72. The molecule has 1 aromatic rings. The summed E-state index contributed by atoms with van der Waals surface area (Å²) in [4.78, 5) is 0. The van der Waals surface area contributed by atoms with Gasteiger partial charge in [-0.15, -0.1) is 0 Å². The van der Waals surface area contributed by atoms with E-state index in [2.05, 4.69) is 5.16 Å². The lowest BCUT2D eigenvalue weighted by atomic mass is 10.1.